The van der Waals surface area contributed by atoms with Crippen LogP contribution in [-0.2, 0) is 16.1 Å². The van der Waals surface area contributed by atoms with Gasteiger partial charge >= 0.3 is 0 Å². The molecule has 11 nitrogen and oxygen atoms in total. The number of ether oxygens (including phenoxy) is 1. The van der Waals surface area contributed by atoms with E-state index in [9.17, 15) is 14.7 Å². The molecule has 37 heavy (non-hydrogen) atoms. The van der Waals surface area contributed by atoms with Crippen molar-refractivity contribution < 1.29 is 14.6 Å². The van der Waals surface area contributed by atoms with Gasteiger partial charge in [0.1, 0.15) is 11.7 Å². The number of carbonyl (C=O) groups is 1. The van der Waals surface area contributed by atoms with Gasteiger partial charge in [-0.15, -0.1) is 0 Å². The summed E-state index contributed by atoms with van der Waals surface area (Å²) < 4.78 is 10.1. The molecule has 0 radical (unpaired) electrons. The molecule has 5 heterocycles. The Hall–Kier alpha value is -3.83. The Morgan fingerprint density at radius 1 is 1.11 bits per heavy atom. The molecule has 11 heteroatoms. The second-order valence-electron chi connectivity index (χ2n) is 10.5. The Kier molecular flexibility index (Phi) is 5.50. The normalized spacial score (nSPS) is 18.6. The monoisotopic (exact) mass is 503 g/mol. The zero-order valence-corrected chi connectivity index (χ0v) is 20.9. The number of benzene rings is 1. The van der Waals surface area contributed by atoms with Gasteiger partial charge in [0.2, 0.25) is 5.91 Å². The first-order valence-electron chi connectivity index (χ1n) is 12.4. The zero-order valence-electron chi connectivity index (χ0n) is 20.9. The van der Waals surface area contributed by atoms with Gasteiger partial charge in [0.25, 0.3) is 5.56 Å². The summed E-state index contributed by atoms with van der Waals surface area (Å²) in [6.45, 7) is 5.73. The Morgan fingerprint density at radius 2 is 1.81 bits per heavy atom. The first-order valence-corrected chi connectivity index (χ1v) is 12.4. The van der Waals surface area contributed by atoms with E-state index in [0.29, 0.717) is 50.2 Å². The highest BCUT2D eigenvalue weighted by Crippen LogP contribution is 2.32. The largest absolute Gasteiger partial charge is 0.388 e. The molecule has 4 aromatic rings. The first-order chi connectivity index (χ1) is 17.7. The molecule has 0 spiro atoms. The number of hydrogen-bond donors (Lipinski definition) is 1. The quantitative estimate of drug-likeness (QED) is 0.438. The molecular weight excluding hydrogens is 474 g/mol. The molecule has 6 rings (SSSR count). The number of aromatic nitrogens is 6. The van der Waals surface area contributed by atoms with Gasteiger partial charge in [0.05, 0.1) is 54.0 Å². The van der Waals surface area contributed by atoms with E-state index in [1.54, 1.807) is 14.3 Å². The van der Waals surface area contributed by atoms with Crippen LogP contribution < -0.4 is 5.56 Å². The van der Waals surface area contributed by atoms with E-state index in [4.69, 9.17) is 4.74 Å². The maximum Gasteiger partial charge on any atom is 0.264 e. The molecule has 0 saturated carbocycles. The Labute approximate surface area is 212 Å². The fraction of sp³-hybridized carbons (Fsp3) is 0.423. The number of carbonyl (C=O) groups excluding carboxylic acids is 1. The van der Waals surface area contributed by atoms with E-state index in [1.807, 2.05) is 50.4 Å². The number of amides is 1. The van der Waals surface area contributed by atoms with Crippen molar-refractivity contribution in [1.29, 1.82) is 0 Å². The molecular formula is C26H29N7O4. The average molecular weight is 504 g/mol. The lowest BCUT2D eigenvalue weighted by Crippen LogP contribution is -2.57. The zero-order chi connectivity index (χ0) is 25.8. The standard InChI is InChI=1S/C26H29N7O4/c1-18-7-10-32(29-18)19-3-5-20(6-4-19)33-22-21(13-28-33)23(34)31(17-27-22)14-26(36)8-11-30(12-9-26)24(35)25(2)15-37-16-25/h3-7,10,13,17,36H,8-9,11-12,14-16H2,1-2H3. The van der Waals surface area contributed by atoms with Crippen molar-refractivity contribution in [3.8, 4) is 11.4 Å². The summed E-state index contributed by atoms with van der Waals surface area (Å²) in [6.07, 6.45) is 5.66. The summed E-state index contributed by atoms with van der Waals surface area (Å²) in [6, 6.07) is 9.61. The van der Waals surface area contributed by atoms with Gasteiger partial charge in [-0.3, -0.25) is 14.2 Å². The van der Waals surface area contributed by atoms with E-state index in [0.717, 1.165) is 17.1 Å². The second-order valence-corrected chi connectivity index (χ2v) is 10.5. The minimum absolute atomic E-state index is 0.0706. The van der Waals surface area contributed by atoms with E-state index in [1.165, 1.54) is 17.1 Å². The van der Waals surface area contributed by atoms with Crippen molar-refractivity contribution in [2.45, 2.75) is 38.8 Å². The number of rotatable bonds is 5. The maximum atomic E-state index is 13.2. The van der Waals surface area contributed by atoms with Crippen LogP contribution in [0.4, 0.5) is 0 Å². The van der Waals surface area contributed by atoms with Crippen LogP contribution in [0.5, 0.6) is 0 Å². The van der Waals surface area contributed by atoms with Crippen LogP contribution in [0, 0.1) is 12.3 Å². The van der Waals surface area contributed by atoms with Crippen LogP contribution in [0.3, 0.4) is 0 Å². The highest BCUT2D eigenvalue weighted by molar-refractivity contribution is 5.83. The highest BCUT2D eigenvalue weighted by Gasteiger charge is 2.45. The van der Waals surface area contributed by atoms with Crippen molar-refractivity contribution >= 4 is 16.9 Å². The summed E-state index contributed by atoms with van der Waals surface area (Å²) in [5.41, 5.74) is 1.26. The third-order valence-electron chi connectivity index (χ3n) is 7.44. The molecule has 2 aliphatic rings. The van der Waals surface area contributed by atoms with Crippen molar-refractivity contribution in [2.75, 3.05) is 26.3 Å². The topological polar surface area (TPSA) is 120 Å². The maximum absolute atomic E-state index is 13.2. The molecule has 1 aromatic carbocycles. The van der Waals surface area contributed by atoms with Crippen molar-refractivity contribution in [2.24, 2.45) is 5.41 Å². The predicted molar refractivity (Wildman–Crippen MR) is 135 cm³/mol. The van der Waals surface area contributed by atoms with Gasteiger partial charge in [-0.25, -0.2) is 14.3 Å². The molecule has 2 fully saturated rings. The lowest BCUT2D eigenvalue weighted by atomic mass is 9.84. The first kappa shape index (κ1) is 23.6. The van der Waals surface area contributed by atoms with Gasteiger partial charge in [-0.1, -0.05) is 0 Å². The van der Waals surface area contributed by atoms with Crippen molar-refractivity contribution in [1.82, 2.24) is 34.0 Å². The number of likely N-dealkylation sites (tertiary alicyclic amines) is 1. The fourth-order valence-corrected chi connectivity index (χ4v) is 5.07. The summed E-state index contributed by atoms with van der Waals surface area (Å²) in [5.74, 6) is 0.0706. The molecule has 0 bridgehead atoms. The Morgan fingerprint density at radius 3 is 2.43 bits per heavy atom. The molecule has 192 valence electrons. The summed E-state index contributed by atoms with van der Waals surface area (Å²) >= 11 is 0. The molecule has 0 atom stereocenters. The third kappa shape index (κ3) is 4.13. The average Bonchev–Trinajstić information content (AvgIpc) is 3.51. The summed E-state index contributed by atoms with van der Waals surface area (Å²) in [5, 5.41) is 20.4. The lowest BCUT2D eigenvalue weighted by Gasteiger charge is -2.44. The van der Waals surface area contributed by atoms with Crippen LogP contribution >= 0.6 is 0 Å². The van der Waals surface area contributed by atoms with Crippen LogP contribution in [0.25, 0.3) is 22.4 Å². The molecule has 3 aromatic heterocycles. The number of aryl methyl sites for hydroxylation is 1. The number of hydrogen-bond acceptors (Lipinski definition) is 7. The minimum atomic E-state index is -1.09. The Balaban J connectivity index is 1.19. The van der Waals surface area contributed by atoms with Crippen LogP contribution in [0.15, 0.2) is 53.8 Å². The van der Waals surface area contributed by atoms with Gasteiger partial charge in [0, 0.05) is 19.3 Å². The van der Waals surface area contributed by atoms with E-state index < -0.39 is 11.0 Å². The number of aliphatic hydroxyl groups is 1. The van der Waals surface area contributed by atoms with Gasteiger partial charge in [-0.05, 0) is 57.0 Å². The SMILES string of the molecule is Cc1ccn(-c2ccc(-n3ncc4c(=O)n(CC5(O)CCN(C(=O)C6(C)COC6)CC5)cnc43)cc2)n1. The molecule has 2 saturated heterocycles. The van der Waals surface area contributed by atoms with E-state index >= 15 is 0 Å². The van der Waals surface area contributed by atoms with Gasteiger partial charge in [0.15, 0.2) is 5.65 Å². The summed E-state index contributed by atoms with van der Waals surface area (Å²) in [7, 11) is 0. The van der Waals surface area contributed by atoms with Crippen molar-refractivity contribution in [3.63, 3.8) is 0 Å². The van der Waals surface area contributed by atoms with E-state index in [-0.39, 0.29) is 18.0 Å². The summed E-state index contributed by atoms with van der Waals surface area (Å²) in [4.78, 5) is 32.3. The number of fused-ring (bicyclic) bond motifs is 1. The van der Waals surface area contributed by atoms with Crippen LogP contribution in [0.1, 0.15) is 25.5 Å². The Bertz CT molecular complexity index is 1520. The van der Waals surface area contributed by atoms with Crippen LogP contribution in [0.2, 0.25) is 0 Å². The lowest BCUT2D eigenvalue weighted by molar-refractivity contribution is -0.172. The number of piperidine rings is 1. The molecule has 0 unspecified atom stereocenters. The smallest absolute Gasteiger partial charge is 0.264 e. The molecule has 1 N–H and O–H groups in total. The molecule has 0 aliphatic carbocycles. The molecule has 2 aliphatic heterocycles. The van der Waals surface area contributed by atoms with Gasteiger partial charge in [-0.2, -0.15) is 10.2 Å². The fourth-order valence-electron chi connectivity index (χ4n) is 5.07. The minimum Gasteiger partial charge on any atom is -0.388 e. The highest BCUT2D eigenvalue weighted by atomic mass is 16.5. The second kappa shape index (κ2) is 8.63. The number of nitrogens with zero attached hydrogens (tertiary/aromatic N) is 7. The third-order valence-corrected chi connectivity index (χ3v) is 7.44. The van der Waals surface area contributed by atoms with Gasteiger partial charge < -0.3 is 14.7 Å². The molecule has 1 amide bonds. The van der Waals surface area contributed by atoms with Crippen LogP contribution in [-0.4, -0.2) is 76.9 Å². The van der Waals surface area contributed by atoms with Crippen molar-refractivity contribution in [3.05, 3.63) is 65.1 Å². The predicted octanol–water partition coefficient (Wildman–Crippen LogP) is 1.47. The van der Waals surface area contributed by atoms with E-state index in [2.05, 4.69) is 15.2 Å².